The molecule has 0 fully saturated rings. The molecule has 3 aromatic carbocycles. The lowest BCUT2D eigenvalue weighted by atomic mass is 10.2. The number of benzene rings is 3. The van der Waals surface area contributed by atoms with Gasteiger partial charge in [-0.2, -0.15) is 0 Å². The molecule has 0 radical (unpaired) electrons. The molecule has 4 aromatic rings. The van der Waals surface area contributed by atoms with Gasteiger partial charge >= 0.3 is 0 Å². The van der Waals surface area contributed by atoms with E-state index in [9.17, 15) is 13.2 Å². The van der Waals surface area contributed by atoms with Crippen molar-refractivity contribution >= 4 is 44.3 Å². The molecule has 0 saturated heterocycles. The van der Waals surface area contributed by atoms with Crippen LogP contribution in [-0.2, 0) is 16.4 Å². The molecule has 31 heavy (non-hydrogen) atoms. The van der Waals surface area contributed by atoms with Gasteiger partial charge < -0.3 is 0 Å². The number of para-hydroxylation sites is 3. The number of carbonyl (C=O) groups is 1. The van der Waals surface area contributed by atoms with E-state index >= 15 is 0 Å². The molecule has 0 atom stereocenters. The van der Waals surface area contributed by atoms with Gasteiger partial charge in [0, 0.05) is 12.1 Å². The predicted molar refractivity (Wildman–Crippen MR) is 120 cm³/mol. The normalized spacial score (nSPS) is 13.4. The van der Waals surface area contributed by atoms with Crippen LogP contribution < -0.4 is 9.73 Å². The van der Waals surface area contributed by atoms with Crippen molar-refractivity contribution in [2.75, 3.05) is 16.3 Å². The maximum Gasteiger partial charge on any atom is 0.270 e. The van der Waals surface area contributed by atoms with Crippen molar-refractivity contribution in [2.45, 2.75) is 11.3 Å². The monoisotopic (exact) mass is 452 g/mol. The van der Waals surface area contributed by atoms with Crippen LogP contribution in [0.15, 0.2) is 78.0 Å². The standard InChI is InChI=1S/C22H17ClN4O3S/c23-17-10-9-16(22(28)25-26-14-24-18-6-2-4-8-20(18)26)13-21(17)31(29,30)27-12-11-15-5-1-3-7-19(15)27/h1-10,13-14H,11-12H2,(H,25,28). The Morgan fingerprint density at radius 1 is 1.03 bits per heavy atom. The Kier molecular flexibility index (Phi) is 4.68. The highest BCUT2D eigenvalue weighted by atomic mass is 35.5. The van der Waals surface area contributed by atoms with Gasteiger partial charge in [0.1, 0.15) is 11.2 Å². The first-order valence-corrected chi connectivity index (χ1v) is 11.4. The fourth-order valence-corrected chi connectivity index (χ4v) is 5.75. The molecule has 9 heteroatoms. The summed E-state index contributed by atoms with van der Waals surface area (Å²) in [5.41, 5.74) is 5.96. The van der Waals surface area contributed by atoms with Crippen molar-refractivity contribution in [2.24, 2.45) is 0 Å². The predicted octanol–water partition coefficient (Wildman–Crippen LogP) is 3.83. The second-order valence-electron chi connectivity index (χ2n) is 7.15. The second-order valence-corrected chi connectivity index (χ2v) is 9.38. The van der Waals surface area contributed by atoms with Crippen LogP contribution in [0.5, 0.6) is 0 Å². The third-order valence-electron chi connectivity index (χ3n) is 5.28. The molecule has 156 valence electrons. The smallest absolute Gasteiger partial charge is 0.267 e. The molecule has 1 aliphatic rings. The molecule has 1 aromatic heterocycles. The van der Waals surface area contributed by atoms with Crippen molar-refractivity contribution in [1.82, 2.24) is 9.66 Å². The number of anilines is 1. The largest absolute Gasteiger partial charge is 0.270 e. The van der Waals surface area contributed by atoms with E-state index in [0.29, 0.717) is 18.7 Å². The topological polar surface area (TPSA) is 84.3 Å². The Hall–Kier alpha value is -3.36. The van der Waals surface area contributed by atoms with Crippen LogP contribution in [0.4, 0.5) is 5.69 Å². The van der Waals surface area contributed by atoms with E-state index in [-0.39, 0.29) is 15.5 Å². The van der Waals surface area contributed by atoms with Crippen molar-refractivity contribution in [3.05, 3.63) is 89.2 Å². The van der Waals surface area contributed by atoms with Gasteiger partial charge in [-0.05, 0) is 48.4 Å². The molecular weight excluding hydrogens is 436 g/mol. The molecule has 5 rings (SSSR count). The Balaban J connectivity index is 1.49. The summed E-state index contributed by atoms with van der Waals surface area (Å²) in [4.78, 5) is 17.0. The lowest BCUT2D eigenvalue weighted by molar-refractivity contribution is 0.101. The van der Waals surface area contributed by atoms with Crippen molar-refractivity contribution < 1.29 is 13.2 Å². The van der Waals surface area contributed by atoms with Crippen LogP contribution in [0.1, 0.15) is 15.9 Å². The molecule has 0 unspecified atom stereocenters. The van der Waals surface area contributed by atoms with Gasteiger partial charge in [0.25, 0.3) is 15.9 Å². The van der Waals surface area contributed by atoms with Crippen LogP contribution in [0.3, 0.4) is 0 Å². The Morgan fingerprint density at radius 2 is 1.81 bits per heavy atom. The van der Waals surface area contributed by atoms with E-state index < -0.39 is 15.9 Å². The Morgan fingerprint density at radius 3 is 2.68 bits per heavy atom. The van der Waals surface area contributed by atoms with Crippen molar-refractivity contribution in [3.8, 4) is 0 Å². The first-order valence-electron chi connectivity index (χ1n) is 9.59. The number of amides is 1. The number of hydrogen-bond acceptors (Lipinski definition) is 4. The number of rotatable bonds is 4. The van der Waals surface area contributed by atoms with E-state index in [1.165, 1.54) is 33.5 Å². The summed E-state index contributed by atoms with van der Waals surface area (Å²) in [7, 11) is -3.93. The summed E-state index contributed by atoms with van der Waals surface area (Å²) in [6.07, 6.45) is 2.12. The molecule has 0 saturated carbocycles. The van der Waals surface area contributed by atoms with Gasteiger partial charge in [-0.15, -0.1) is 0 Å². The molecule has 0 bridgehead atoms. The molecule has 2 heterocycles. The first kappa shape index (κ1) is 19.6. The Labute approximate surface area is 183 Å². The fourth-order valence-electron chi connectivity index (χ4n) is 3.74. The van der Waals surface area contributed by atoms with Crippen LogP contribution in [0.25, 0.3) is 11.0 Å². The summed E-state index contributed by atoms with van der Waals surface area (Å²) >= 11 is 6.26. The van der Waals surface area contributed by atoms with Crippen LogP contribution in [0.2, 0.25) is 5.02 Å². The van der Waals surface area contributed by atoms with Crippen LogP contribution in [0, 0.1) is 0 Å². The number of imidazole rings is 1. The summed E-state index contributed by atoms with van der Waals surface area (Å²) in [6, 6.07) is 18.9. The number of hydrogen-bond donors (Lipinski definition) is 1. The van der Waals surface area contributed by atoms with E-state index in [0.717, 1.165) is 16.6 Å². The van der Waals surface area contributed by atoms with Crippen molar-refractivity contribution in [1.29, 1.82) is 0 Å². The second kappa shape index (κ2) is 7.40. The quantitative estimate of drug-likeness (QED) is 0.510. The summed E-state index contributed by atoms with van der Waals surface area (Å²) in [5.74, 6) is -0.474. The van der Waals surface area contributed by atoms with E-state index in [2.05, 4.69) is 10.4 Å². The lowest BCUT2D eigenvalue weighted by Crippen LogP contribution is -2.30. The van der Waals surface area contributed by atoms with Gasteiger partial charge in [-0.3, -0.25) is 14.5 Å². The fraction of sp³-hybridized carbons (Fsp3) is 0.0909. The summed E-state index contributed by atoms with van der Waals surface area (Å²) in [5, 5.41) is 0.0639. The minimum atomic E-state index is -3.93. The first-order chi connectivity index (χ1) is 14.9. The number of carbonyl (C=O) groups excluding carboxylic acids is 1. The molecule has 1 aliphatic heterocycles. The number of nitrogens with one attached hydrogen (secondary N) is 1. The summed E-state index contributed by atoms with van der Waals surface area (Å²) in [6.45, 7) is 0.329. The highest BCUT2D eigenvalue weighted by Crippen LogP contribution is 2.35. The van der Waals surface area contributed by atoms with Gasteiger partial charge in [0.2, 0.25) is 0 Å². The van der Waals surface area contributed by atoms with Crippen LogP contribution in [-0.4, -0.2) is 30.5 Å². The van der Waals surface area contributed by atoms with E-state index in [1.54, 1.807) is 12.1 Å². The SMILES string of the molecule is O=C(Nn1cnc2ccccc21)c1ccc(Cl)c(S(=O)(=O)N2CCc3ccccc32)c1. The maximum atomic E-state index is 13.4. The molecule has 0 aliphatic carbocycles. The highest BCUT2D eigenvalue weighted by Gasteiger charge is 2.32. The van der Waals surface area contributed by atoms with E-state index in [4.69, 9.17) is 11.6 Å². The van der Waals surface area contributed by atoms with Gasteiger partial charge in [-0.1, -0.05) is 41.9 Å². The zero-order valence-electron chi connectivity index (χ0n) is 16.2. The number of sulfonamides is 1. The third-order valence-corrected chi connectivity index (χ3v) is 7.58. The minimum absolute atomic E-state index is 0.0639. The third kappa shape index (κ3) is 3.34. The number of nitrogens with zero attached hydrogens (tertiary/aromatic N) is 3. The molecule has 0 spiro atoms. The number of aromatic nitrogens is 2. The average Bonchev–Trinajstić information content (AvgIpc) is 3.39. The van der Waals surface area contributed by atoms with E-state index in [1.807, 2.05) is 36.4 Å². The zero-order chi connectivity index (χ0) is 21.6. The molecule has 1 N–H and O–H groups in total. The van der Waals surface area contributed by atoms with Crippen molar-refractivity contribution in [3.63, 3.8) is 0 Å². The average molecular weight is 453 g/mol. The molecular formula is C22H17ClN4O3S. The zero-order valence-corrected chi connectivity index (χ0v) is 17.8. The lowest BCUT2D eigenvalue weighted by Gasteiger charge is -2.20. The maximum absolute atomic E-state index is 13.4. The van der Waals surface area contributed by atoms with Gasteiger partial charge in [-0.25, -0.2) is 18.1 Å². The van der Waals surface area contributed by atoms with Gasteiger partial charge in [0.05, 0.1) is 21.7 Å². The molecule has 7 nitrogen and oxygen atoms in total. The van der Waals surface area contributed by atoms with Crippen LogP contribution >= 0.6 is 11.6 Å². The molecule has 1 amide bonds. The highest BCUT2D eigenvalue weighted by molar-refractivity contribution is 7.93. The minimum Gasteiger partial charge on any atom is -0.267 e. The summed E-state index contributed by atoms with van der Waals surface area (Å²) < 4.78 is 29.6. The Bertz CT molecular complexity index is 1430. The number of halogens is 1. The number of fused-ring (bicyclic) bond motifs is 2. The van der Waals surface area contributed by atoms with Gasteiger partial charge in [0.15, 0.2) is 0 Å².